The number of hydrogen-bond donors (Lipinski definition) is 2. The topological polar surface area (TPSA) is 88.2 Å². The fourth-order valence-electron chi connectivity index (χ4n) is 3.62. The first-order chi connectivity index (χ1) is 15.2. The molecule has 0 aliphatic rings. The van der Waals surface area contributed by atoms with Gasteiger partial charge in [-0.05, 0) is 17.7 Å². The van der Waals surface area contributed by atoms with E-state index in [4.69, 9.17) is 9.40 Å². The molecule has 2 heterocycles. The second-order valence-corrected chi connectivity index (χ2v) is 7.26. The molecule has 3 aromatic carbocycles. The Labute approximate surface area is 178 Å². The number of para-hydroxylation sites is 1. The molecule has 152 valence electrons. The van der Waals surface area contributed by atoms with Gasteiger partial charge in [-0.3, -0.25) is 0 Å². The average Bonchev–Trinajstić information content (AvgIpc) is 3.19. The number of carboxylic acid groups (broad SMARTS) is 1. The zero-order chi connectivity index (χ0) is 21.2. The lowest BCUT2D eigenvalue weighted by atomic mass is 10.1. The van der Waals surface area contributed by atoms with E-state index in [-0.39, 0.29) is 0 Å². The van der Waals surface area contributed by atoms with Crippen molar-refractivity contribution in [1.82, 2.24) is 9.97 Å². The third-order valence-corrected chi connectivity index (χ3v) is 5.14. The van der Waals surface area contributed by atoms with Gasteiger partial charge in [-0.15, -0.1) is 0 Å². The summed E-state index contributed by atoms with van der Waals surface area (Å²) >= 11 is 0. The summed E-state index contributed by atoms with van der Waals surface area (Å²) in [5.74, 6) is -0.0950. The number of aromatic nitrogens is 2. The Kier molecular flexibility index (Phi) is 4.80. The van der Waals surface area contributed by atoms with Crippen molar-refractivity contribution in [1.29, 1.82) is 0 Å². The maximum atomic E-state index is 12.0. The van der Waals surface area contributed by atoms with Crippen LogP contribution in [0.5, 0.6) is 0 Å². The monoisotopic (exact) mass is 409 g/mol. The zero-order valence-corrected chi connectivity index (χ0v) is 16.5. The van der Waals surface area contributed by atoms with Gasteiger partial charge in [0.15, 0.2) is 17.2 Å². The number of carboxylic acids is 1. The highest BCUT2D eigenvalue weighted by Gasteiger charge is 2.23. The molecule has 0 saturated heterocycles. The van der Waals surface area contributed by atoms with Gasteiger partial charge in [-0.2, -0.15) is 0 Å². The van der Waals surface area contributed by atoms with E-state index in [2.05, 4.69) is 10.3 Å². The van der Waals surface area contributed by atoms with Gasteiger partial charge < -0.3 is 14.8 Å². The minimum Gasteiger partial charge on any atom is -0.480 e. The normalized spacial score (nSPS) is 12.1. The molecule has 0 saturated carbocycles. The average molecular weight is 409 g/mol. The zero-order valence-electron chi connectivity index (χ0n) is 16.5. The molecule has 2 N–H and O–H groups in total. The summed E-state index contributed by atoms with van der Waals surface area (Å²) in [6.45, 7) is 0. The molecule has 2 aromatic heterocycles. The highest BCUT2D eigenvalue weighted by atomic mass is 16.4. The summed E-state index contributed by atoms with van der Waals surface area (Å²) in [7, 11) is 0. The molecule has 0 spiro atoms. The van der Waals surface area contributed by atoms with Gasteiger partial charge in [0.25, 0.3) is 0 Å². The summed E-state index contributed by atoms with van der Waals surface area (Å²) < 4.78 is 6.02. The maximum Gasteiger partial charge on any atom is 0.326 e. The first-order valence-electron chi connectivity index (χ1n) is 9.97. The van der Waals surface area contributed by atoms with Crippen LogP contribution in [-0.4, -0.2) is 27.1 Å². The van der Waals surface area contributed by atoms with E-state index in [0.29, 0.717) is 34.7 Å². The van der Waals surface area contributed by atoms with Crippen molar-refractivity contribution in [2.24, 2.45) is 0 Å². The number of nitrogens with one attached hydrogen (secondary N) is 1. The van der Waals surface area contributed by atoms with E-state index in [9.17, 15) is 9.90 Å². The van der Waals surface area contributed by atoms with Gasteiger partial charge in [0.2, 0.25) is 0 Å². The molecule has 0 aliphatic heterocycles. The van der Waals surface area contributed by atoms with Crippen LogP contribution in [-0.2, 0) is 11.2 Å². The quantitative estimate of drug-likeness (QED) is 0.403. The molecule has 0 radical (unpaired) electrons. The predicted molar refractivity (Wildman–Crippen MR) is 120 cm³/mol. The molecule has 0 bridgehead atoms. The lowest BCUT2D eigenvalue weighted by Crippen LogP contribution is -2.32. The Morgan fingerprint density at radius 3 is 2.32 bits per heavy atom. The summed E-state index contributed by atoms with van der Waals surface area (Å²) in [4.78, 5) is 21.4. The van der Waals surface area contributed by atoms with Crippen molar-refractivity contribution in [2.75, 3.05) is 5.32 Å². The Bertz CT molecular complexity index is 1360. The second kappa shape index (κ2) is 7.91. The second-order valence-electron chi connectivity index (χ2n) is 7.26. The number of benzene rings is 3. The van der Waals surface area contributed by atoms with Crippen molar-refractivity contribution in [3.8, 4) is 11.4 Å². The fourth-order valence-corrected chi connectivity index (χ4v) is 3.62. The van der Waals surface area contributed by atoms with Crippen LogP contribution < -0.4 is 5.32 Å². The van der Waals surface area contributed by atoms with Crippen LogP contribution in [0.1, 0.15) is 5.56 Å². The number of aliphatic carboxylic acids is 1. The van der Waals surface area contributed by atoms with Gasteiger partial charge in [-0.25, -0.2) is 14.8 Å². The van der Waals surface area contributed by atoms with E-state index in [1.54, 1.807) is 0 Å². The van der Waals surface area contributed by atoms with Gasteiger partial charge in [0.05, 0.1) is 0 Å². The maximum absolute atomic E-state index is 12.0. The van der Waals surface area contributed by atoms with E-state index < -0.39 is 12.0 Å². The number of carbonyl (C=O) groups is 1. The van der Waals surface area contributed by atoms with Crippen LogP contribution >= 0.6 is 0 Å². The number of furan rings is 1. The van der Waals surface area contributed by atoms with Gasteiger partial charge in [0.1, 0.15) is 17.1 Å². The van der Waals surface area contributed by atoms with Crippen LogP contribution in [0, 0.1) is 0 Å². The first-order valence-corrected chi connectivity index (χ1v) is 9.97. The molecular weight excluding hydrogens is 390 g/mol. The lowest BCUT2D eigenvalue weighted by molar-refractivity contribution is -0.137. The summed E-state index contributed by atoms with van der Waals surface area (Å²) in [5, 5.41) is 13.8. The Morgan fingerprint density at radius 2 is 1.58 bits per heavy atom. The lowest BCUT2D eigenvalue weighted by Gasteiger charge is -2.16. The molecule has 1 atom stereocenters. The minimum absolute atomic E-state index is 0.308. The van der Waals surface area contributed by atoms with E-state index in [1.165, 1.54) is 0 Å². The van der Waals surface area contributed by atoms with E-state index >= 15 is 0 Å². The SMILES string of the molecule is O=C(O)[C@H](Cc1ccccc1)Nc1nc(-c2ccccc2)nc2c1oc1ccccc12. The minimum atomic E-state index is -0.965. The molecule has 6 nitrogen and oxygen atoms in total. The Morgan fingerprint density at radius 1 is 0.903 bits per heavy atom. The molecule has 6 heteroatoms. The highest BCUT2D eigenvalue weighted by Crippen LogP contribution is 2.33. The predicted octanol–water partition coefficient (Wildman–Crippen LogP) is 5.15. The Balaban J connectivity index is 1.64. The third kappa shape index (κ3) is 3.71. The molecule has 5 rings (SSSR count). The van der Waals surface area contributed by atoms with Gasteiger partial charge >= 0.3 is 5.97 Å². The summed E-state index contributed by atoms with van der Waals surface area (Å²) in [5.41, 5.74) is 3.53. The number of rotatable bonds is 6. The molecular formula is C25H19N3O3. The Hall–Kier alpha value is -4.19. The highest BCUT2D eigenvalue weighted by molar-refractivity contribution is 6.06. The van der Waals surface area contributed by atoms with Crippen molar-refractivity contribution in [3.05, 3.63) is 90.5 Å². The standard InChI is InChI=1S/C25H19N3O3/c29-25(30)19(15-16-9-3-1-4-10-16)26-24-22-21(18-13-7-8-14-20(18)31-22)27-23(28-24)17-11-5-2-6-12-17/h1-14,19H,15H2,(H,29,30)(H,26,27,28)/t19-/m0/s1. The number of hydrogen-bond acceptors (Lipinski definition) is 5. The van der Waals surface area contributed by atoms with Crippen LogP contribution in [0.3, 0.4) is 0 Å². The number of anilines is 1. The molecule has 0 aliphatic carbocycles. The van der Waals surface area contributed by atoms with Crippen molar-refractivity contribution in [3.63, 3.8) is 0 Å². The largest absolute Gasteiger partial charge is 0.480 e. The van der Waals surface area contributed by atoms with E-state index in [1.807, 2.05) is 84.9 Å². The summed E-state index contributed by atoms with van der Waals surface area (Å²) in [6, 6.07) is 25.8. The summed E-state index contributed by atoms with van der Waals surface area (Å²) in [6.07, 6.45) is 0.308. The number of nitrogens with zero attached hydrogens (tertiary/aromatic N) is 2. The van der Waals surface area contributed by atoms with Crippen molar-refractivity contribution in [2.45, 2.75) is 12.5 Å². The van der Waals surface area contributed by atoms with Crippen LogP contribution in [0.15, 0.2) is 89.3 Å². The van der Waals surface area contributed by atoms with Crippen molar-refractivity contribution < 1.29 is 14.3 Å². The molecule has 0 amide bonds. The van der Waals surface area contributed by atoms with Crippen molar-refractivity contribution >= 4 is 33.9 Å². The molecule has 5 aromatic rings. The smallest absolute Gasteiger partial charge is 0.326 e. The number of fused-ring (bicyclic) bond motifs is 3. The van der Waals surface area contributed by atoms with Gasteiger partial charge in [-0.1, -0.05) is 72.8 Å². The molecule has 0 unspecified atom stereocenters. The third-order valence-electron chi connectivity index (χ3n) is 5.14. The fraction of sp³-hybridized carbons (Fsp3) is 0.0800. The van der Waals surface area contributed by atoms with Crippen LogP contribution in [0.4, 0.5) is 5.82 Å². The first kappa shape index (κ1) is 18.8. The van der Waals surface area contributed by atoms with Crippen LogP contribution in [0.25, 0.3) is 33.5 Å². The van der Waals surface area contributed by atoms with Crippen LogP contribution in [0.2, 0.25) is 0 Å². The van der Waals surface area contributed by atoms with Gasteiger partial charge in [0, 0.05) is 17.4 Å². The molecule has 0 fully saturated rings. The van der Waals surface area contributed by atoms with E-state index in [0.717, 1.165) is 16.5 Å². The molecule has 31 heavy (non-hydrogen) atoms.